The minimum Gasteiger partial charge on any atom is -0.398 e. The second-order valence-corrected chi connectivity index (χ2v) is 6.35. The first-order valence-corrected chi connectivity index (χ1v) is 7.56. The summed E-state index contributed by atoms with van der Waals surface area (Å²) in [6, 6.07) is 3.32. The van der Waals surface area contributed by atoms with Crippen molar-refractivity contribution in [2.24, 2.45) is 0 Å². The summed E-state index contributed by atoms with van der Waals surface area (Å²) < 4.78 is 44.7. The number of hydrogen-bond donors (Lipinski definition) is 1. The minimum atomic E-state index is -3.69. The number of anilines is 1. The van der Waals surface area contributed by atoms with Crippen molar-refractivity contribution in [2.45, 2.75) is 24.3 Å². The monoisotopic (exact) mass is 288 g/mol. The van der Waals surface area contributed by atoms with Crippen molar-refractivity contribution in [1.82, 2.24) is 4.31 Å². The first-order valence-electron chi connectivity index (χ1n) is 6.12. The molecule has 0 spiro atoms. The maximum atomic E-state index is 13.0. The van der Waals surface area contributed by atoms with Gasteiger partial charge in [-0.3, -0.25) is 0 Å². The highest BCUT2D eigenvalue weighted by molar-refractivity contribution is 7.89. The normalized spacial score (nSPS) is 21.5. The molecule has 1 heterocycles. The highest BCUT2D eigenvalue weighted by Crippen LogP contribution is 2.25. The summed E-state index contributed by atoms with van der Waals surface area (Å²) in [4.78, 5) is -0.0503. The zero-order valence-electron chi connectivity index (χ0n) is 10.7. The Labute approximate surface area is 112 Å². The lowest BCUT2D eigenvalue weighted by molar-refractivity contribution is -0.00276. The number of nitrogen functional groups attached to an aromatic ring is 1. The Morgan fingerprint density at radius 1 is 1.53 bits per heavy atom. The molecule has 19 heavy (non-hydrogen) atoms. The molecule has 106 valence electrons. The van der Waals surface area contributed by atoms with Crippen molar-refractivity contribution >= 4 is 15.7 Å². The molecule has 1 atom stereocenters. The lowest BCUT2D eigenvalue weighted by atomic mass is 10.2. The van der Waals surface area contributed by atoms with E-state index in [1.54, 1.807) is 0 Å². The topological polar surface area (TPSA) is 72.6 Å². The summed E-state index contributed by atoms with van der Waals surface area (Å²) in [5.41, 5.74) is 5.53. The fourth-order valence-corrected chi connectivity index (χ4v) is 3.60. The largest absolute Gasteiger partial charge is 0.398 e. The van der Waals surface area contributed by atoms with Gasteiger partial charge in [0.25, 0.3) is 0 Å². The standard InChI is InChI=1S/C12H17FN2O3S/c1-2-10-8-15(5-6-18-10)19(16,17)12-4-3-9(13)7-11(12)14/h3-4,7,10H,2,5-6,8,14H2,1H3. The summed E-state index contributed by atoms with van der Waals surface area (Å²) in [5.74, 6) is -0.551. The summed E-state index contributed by atoms with van der Waals surface area (Å²) in [6.07, 6.45) is 0.635. The van der Waals surface area contributed by atoms with Gasteiger partial charge in [-0.2, -0.15) is 4.31 Å². The van der Waals surface area contributed by atoms with E-state index < -0.39 is 15.8 Å². The van der Waals surface area contributed by atoms with Crippen molar-refractivity contribution < 1.29 is 17.5 Å². The molecule has 1 aliphatic rings. The van der Waals surface area contributed by atoms with Crippen molar-refractivity contribution in [1.29, 1.82) is 0 Å². The quantitative estimate of drug-likeness (QED) is 0.848. The lowest BCUT2D eigenvalue weighted by Gasteiger charge is -2.31. The summed E-state index contributed by atoms with van der Waals surface area (Å²) in [7, 11) is -3.69. The highest BCUT2D eigenvalue weighted by Gasteiger charge is 2.31. The van der Waals surface area contributed by atoms with E-state index in [0.29, 0.717) is 13.2 Å². The van der Waals surface area contributed by atoms with Crippen LogP contribution in [0.4, 0.5) is 10.1 Å². The number of halogens is 1. The molecule has 1 aliphatic heterocycles. The Bertz CT molecular complexity index is 562. The SMILES string of the molecule is CCC1CN(S(=O)(=O)c2ccc(F)cc2N)CCO1. The van der Waals surface area contributed by atoms with Crippen LogP contribution in [0.5, 0.6) is 0 Å². The molecule has 0 aliphatic carbocycles. The van der Waals surface area contributed by atoms with Gasteiger partial charge in [-0.25, -0.2) is 12.8 Å². The van der Waals surface area contributed by atoms with Crippen LogP contribution in [0, 0.1) is 5.82 Å². The average molecular weight is 288 g/mol. The first kappa shape index (κ1) is 14.2. The molecule has 0 saturated carbocycles. The molecular formula is C12H17FN2O3S. The second kappa shape index (κ2) is 5.44. The van der Waals surface area contributed by atoms with Crippen LogP contribution >= 0.6 is 0 Å². The number of ether oxygens (including phenoxy) is 1. The van der Waals surface area contributed by atoms with Gasteiger partial charge in [-0.15, -0.1) is 0 Å². The van der Waals surface area contributed by atoms with Crippen LogP contribution < -0.4 is 5.73 Å². The van der Waals surface area contributed by atoms with Crippen LogP contribution in [0.25, 0.3) is 0 Å². The van der Waals surface area contributed by atoms with Crippen molar-refractivity contribution in [3.8, 4) is 0 Å². The van der Waals surface area contributed by atoms with E-state index in [1.165, 1.54) is 10.4 Å². The summed E-state index contributed by atoms with van der Waals surface area (Å²) >= 11 is 0. The Kier molecular flexibility index (Phi) is 4.07. The molecule has 1 fully saturated rings. The molecule has 0 aromatic heterocycles. The third-order valence-corrected chi connectivity index (χ3v) is 5.09. The van der Waals surface area contributed by atoms with E-state index in [-0.39, 0.29) is 23.2 Å². The maximum absolute atomic E-state index is 13.0. The zero-order chi connectivity index (χ0) is 14.0. The van der Waals surface area contributed by atoms with E-state index in [0.717, 1.165) is 18.6 Å². The molecule has 2 rings (SSSR count). The number of rotatable bonds is 3. The van der Waals surface area contributed by atoms with E-state index in [2.05, 4.69) is 0 Å². The van der Waals surface area contributed by atoms with Gasteiger partial charge in [-0.05, 0) is 24.6 Å². The number of hydrogen-bond acceptors (Lipinski definition) is 4. The van der Waals surface area contributed by atoms with Crippen molar-refractivity contribution in [3.63, 3.8) is 0 Å². The number of sulfonamides is 1. The van der Waals surface area contributed by atoms with Crippen LogP contribution in [-0.2, 0) is 14.8 Å². The van der Waals surface area contributed by atoms with Crippen LogP contribution in [0.15, 0.2) is 23.1 Å². The maximum Gasteiger partial charge on any atom is 0.245 e. The van der Waals surface area contributed by atoms with Gasteiger partial charge < -0.3 is 10.5 Å². The molecule has 5 nitrogen and oxygen atoms in total. The number of nitrogens with two attached hydrogens (primary N) is 1. The van der Waals surface area contributed by atoms with Gasteiger partial charge in [0, 0.05) is 13.1 Å². The zero-order valence-corrected chi connectivity index (χ0v) is 11.5. The molecule has 0 amide bonds. The van der Waals surface area contributed by atoms with Gasteiger partial charge in [-0.1, -0.05) is 6.92 Å². The van der Waals surface area contributed by atoms with Crippen LogP contribution in [0.3, 0.4) is 0 Å². The van der Waals surface area contributed by atoms with E-state index in [1.807, 2.05) is 6.92 Å². The fourth-order valence-electron chi connectivity index (χ4n) is 2.05. The van der Waals surface area contributed by atoms with Gasteiger partial charge in [0.05, 0.1) is 18.4 Å². The summed E-state index contributed by atoms with van der Waals surface area (Å²) in [5, 5.41) is 0. The van der Waals surface area contributed by atoms with Crippen LogP contribution in [-0.4, -0.2) is 38.5 Å². The molecule has 1 saturated heterocycles. The Hall–Kier alpha value is -1.18. The Morgan fingerprint density at radius 3 is 2.89 bits per heavy atom. The third-order valence-electron chi connectivity index (χ3n) is 3.15. The molecule has 1 aromatic rings. The molecule has 1 aromatic carbocycles. The number of nitrogens with zero attached hydrogens (tertiary/aromatic N) is 1. The van der Waals surface area contributed by atoms with E-state index >= 15 is 0 Å². The summed E-state index contributed by atoms with van der Waals surface area (Å²) in [6.45, 7) is 2.89. The predicted octanol–water partition coefficient (Wildman–Crippen LogP) is 1.21. The first-order chi connectivity index (χ1) is 8.95. The van der Waals surface area contributed by atoms with Crippen molar-refractivity contribution in [3.05, 3.63) is 24.0 Å². The Morgan fingerprint density at radius 2 is 2.26 bits per heavy atom. The molecule has 0 bridgehead atoms. The van der Waals surface area contributed by atoms with Crippen molar-refractivity contribution in [2.75, 3.05) is 25.4 Å². The second-order valence-electron chi connectivity index (χ2n) is 4.45. The van der Waals surface area contributed by atoms with Crippen LogP contribution in [0.1, 0.15) is 13.3 Å². The molecular weight excluding hydrogens is 271 g/mol. The average Bonchev–Trinajstić information content (AvgIpc) is 2.38. The van der Waals surface area contributed by atoms with Crippen LogP contribution in [0.2, 0.25) is 0 Å². The van der Waals surface area contributed by atoms with Gasteiger partial charge in [0.2, 0.25) is 10.0 Å². The molecule has 0 radical (unpaired) electrons. The highest BCUT2D eigenvalue weighted by atomic mass is 32.2. The van der Waals surface area contributed by atoms with Gasteiger partial charge in [0.1, 0.15) is 10.7 Å². The predicted molar refractivity (Wildman–Crippen MR) is 69.6 cm³/mol. The smallest absolute Gasteiger partial charge is 0.245 e. The minimum absolute atomic E-state index is 0.0503. The molecule has 1 unspecified atom stereocenters. The van der Waals surface area contributed by atoms with E-state index in [4.69, 9.17) is 10.5 Å². The van der Waals surface area contributed by atoms with E-state index in [9.17, 15) is 12.8 Å². The number of morpholine rings is 1. The lowest BCUT2D eigenvalue weighted by Crippen LogP contribution is -2.45. The van der Waals surface area contributed by atoms with Gasteiger partial charge >= 0.3 is 0 Å². The fraction of sp³-hybridized carbons (Fsp3) is 0.500. The van der Waals surface area contributed by atoms with Gasteiger partial charge in [0.15, 0.2) is 0 Å². The third kappa shape index (κ3) is 2.88. The molecule has 7 heteroatoms. The molecule has 2 N–H and O–H groups in total. The number of benzene rings is 1. The Balaban J connectivity index is 2.31.